The maximum atomic E-state index is 5.82. The van der Waals surface area contributed by atoms with E-state index in [9.17, 15) is 0 Å². The van der Waals surface area contributed by atoms with Gasteiger partial charge in [-0.15, -0.1) is 0 Å². The SMILES string of the molecule is [CH2]CCCc1ccc(Oc2ccc(Cl)cc2)cc1. The summed E-state index contributed by atoms with van der Waals surface area (Å²) in [6.45, 7) is 3.85. The minimum absolute atomic E-state index is 0.714. The molecule has 0 spiro atoms. The maximum absolute atomic E-state index is 5.82. The van der Waals surface area contributed by atoms with Gasteiger partial charge in [0.25, 0.3) is 0 Å². The zero-order valence-electron chi connectivity index (χ0n) is 10.2. The van der Waals surface area contributed by atoms with Crippen LogP contribution in [0, 0.1) is 6.92 Å². The molecule has 93 valence electrons. The van der Waals surface area contributed by atoms with Crippen LogP contribution in [0.15, 0.2) is 48.5 Å². The van der Waals surface area contributed by atoms with Gasteiger partial charge in [0.15, 0.2) is 0 Å². The number of halogens is 1. The number of benzene rings is 2. The van der Waals surface area contributed by atoms with Gasteiger partial charge in [0, 0.05) is 5.02 Å². The molecule has 0 atom stereocenters. The molecule has 0 saturated carbocycles. The van der Waals surface area contributed by atoms with Gasteiger partial charge in [-0.05, 0) is 54.8 Å². The van der Waals surface area contributed by atoms with Crippen LogP contribution in [-0.2, 0) is 6.42 Å². The molecule has 2 aromatic rings. The fraction of sp³-hybridized carbons (Fsp3) is 0.188. The zero-order chi connectivity index (χ0) is 12.8. The van der Waals surface area contributed by atoms with Crippen molar-refractivity contribution in [1.82, 2.24) is 0 Å². The third-order valence-corrected chi connectivity index (χ3v) is 2.94. The van der Waals surface area contributed by atoms with E-state index in [1.54, 1.807) is 0 Å². The maximum Gasteiger partial charge on any atom is 0.127 e. The summed E-state index contributed by atoms with van der Waals surface area (Å²) in [5.41, 5.74) is 1.32. The fourth-order valence-electron chi connectivity index (χ4n) is 1.69. The molecule has 2 rings (SSSR count). The Kier molecular flexibility index (Phi) is 4.66. The highest BCUT2D eigenvalue weighted by molar-refractivity contribution is 6.30. The standard InChI is InChI=1S/C16H16ClO/c1-2-3-4-13-5-9-15(10-6-13)18-16-11-7-14(17)8-12-16/h5-12H,1-4H2. The molecule has 2 heteroatoms. The largest absolute Gasteiger partial charge is 0.457 e. The van der Waals surface area contributed by atoms with Crippen LogP contribution in [0.3, 0.4) is 0 Å². The van der Waals surface area contributed by atoms with E-state index < -0.39 is 0 Å². The van der Waals surface area contributed by atoms with Crippen LogP contribution in [0.4, 0.5) is 0 Å². The van der Waals surface area contributed by atoms with Crippen molar-refractivity contribution >= 4 is 11.6 Å². The van der Waals surface area contributed by atoms with Gasteiger partial charge in [0.05, 0.1) is 0 Å². The number of hydrogen-bond donors (Lipinski definition) is 0. The van der Waals surface area contributed by atoms with Gasteiger partial charge >= 0.3 is 0 Å². The van der Waals surface area contributed by atoms with E-state index in [2.05, 4.69) is 19.1 Å². The predicted octanol–water partition coefficient (Wildman–Crippen LogP) is 5.29. The van der Waals surface area contributed by atoms with Gasteiger partial charge < -0.3 is 4.74 Å². The van der Waals surface area contributed by atoms with Gasteiger partial charge in [0.1, 0.15) is 11.5 Å². The minimum atomic E-state index is 0.714. The molecule has 0 saturated heterocycles. The Morgan fingerprint density at radius 3 is 2.00 bits per heavy atom. The first-order valence-electron chi connectivity index (χ1n) is 6.09. The molecular formula is C16H16ClO. The van der Waals surface area contributed by atoms with E-state index in [0.29, 0.717) is 5.02 Å². The molecule has 0 fully saturated rings. The summed E-state index contributed by atoms with van der Waals surface area (Å²) in [5, 5.41) is 0.714. The molecule has 0 amide bonds. The quantitative estimate of drug-likeness (QED) is 0.709. The van der Waals surface area contributed by atoms with Crippen LogP contribution in [0.25, 0.3) is 0 Å². The lowest BCUT2D eigenvalue weighted by Gasteiger charge is -2.06. The lowest BCUT2D eigenvalue weighted by molar-refractivity contribution is 0.482. The molecule has 0 heterocycles. The molecule has 2 aromatic carbocycles. The normalized spacial score (nSPS) is 10.3. The zero-order valence-corrected chi connectivity index (χ0v) is 11.0. The second kappa shape index (κ2) is 6.46. The van der Waals surface area contributed by atoms with Crippen molar-refractivity contribution in [2.75, 3.05) is 0 Å². The Labute approximate surface area is 113 Å². The summed E-state index contributed by atoms with van der Waals surface area (Å²) < 4.78 is 5.72. The van der Waals surface area contributed by atoms with Crippen molar-refractivity contribution in [3.05, 3.63) is 66.0 Å². The van der Waals surface area contributed by atoms with Crippen molar-refractivity contribution < 1.29 is 4.74 Å². The third kappa shape index (κ3) is 3.78. The molecule has 1 nitrogen and oxygen atoms in total. The number of unbranched alkanes of at least 4 members (excludes halogenated alkanes) is 1. The lowest BCUT2D eigenvalue weighted by Crippen LogP contribution is -1.87. The number of hydrogen-bond acceptors (Lipinski definition) is 1. The summed E-state index contributed by atoms with van der Waals surface area (Å²) in [5.74, 6) is 1.64. The van der Waals surface area contributed by atoms with Crippen molar-refractivity contribution in [2.45, 2.75) is 19.3 Å². The minimum Gasteiger partial charge on any atom is -0.457 e. The molecule has 0 bridgehead atoms. The Morgan fingerprint density at radius 1 is 0.889 bits per heavy atom. The molecule has 0 aromatic heterocycles. The van der Waals surface area contributed by atoms with Gasteiger partial charge in [-0.1, -0.05) is 37.1 Å². The van der Waals surface area contributed by atoms with E-state index in [1.165, 1.54) is 5.56 Å². The van der Waals surface area contributed by atoms with Gasteiger partial charge in [-0.25, -0.2) is 0 Å². The molecule has 0 aliphatic rings. The first-order chi connectivity index (χ1) is 8.78. The molecule has 18 heavy (non-hydrogen) atoms. The number of aryl methyl sites for hydroxylation is 1. The molecule has 1 radical (unpaired) electrons. The van der Waals surface area contributed by atoms with Crippen LogP contribution >= 0.6 is 11.6 Å². The third-order valence-electron chi connectivity index (χ3n) is 2.69. The number of rotatable bonds is 5. The highest BCUT2D eigenvalue weighted by Crippen LogP contribution is 2.23. The van der Waals surface area contributed by atoms with Gasteiger partial charge in [-0.2, -0.15) is 0 Å². The van der Waals surface area contributed by atoms with Crippen molar-refractivity contribution in [3.63, 3.8) is 0 Å². The van der Waals surface area contributed by atoms with Crippen LogP contribution in [0.2, 0.25) is 5.02 Å². The van der Waals surface area contributed by atoms with E-state index in [4.69, 9.17) is 16.3 Å². The summed E-state index contributed by atoms with van der Waals surface area (Å²) in [6.07, 6.45) is 3.17. The number of ether oxygens (including phenoxy) is 1. The fourth-order valence-corrected chi connectivity index (χ4v) is 1.82. The monoisotopic (exact) mass is 259 g/mol. The Balaban J connectivity index is 1.99. The highest BCUT2D eigenvalue weighted by atomic mass is 35.5. The summed E-state index contributed by atoms with van der Waals surface area (Å²) >= 11 is 5.82. The Bertz CT molecular complexity index is 473. The van der Waals surface area contributed by atoms with Crippen LogP contribution in [0.5, 0.6) is 11.5 Å². The van der Waals surface area contributed by atoms with Crippen LogP contribution < -0.4 is 4.74 Å². The first kappa shape index (κ1) is 13.0. The van der Waals surface area contributed by atoms with Gasteiger partial charge in [0.2, 0.25) is 0 Å². The second-order valence-corrected chi connectivity index (χ2v) is 4.59. The average Bonchev–Trinajstić information content (AvgIpc) is 2.41. The highest BCUT2D eigenvalue weighted by Gasteiger charge is 1.98. The first-order valence-corrected chi connectivity index (χ1v) is 6.47. The van der Waals surface area contributed by atoms with E-state index in [-0.39, 0.29) is 0 Å². The Hall–Kier alpha value is -1.47. The molecular weight excluding hydrogens is 244 g/mol. The second-order valence-electron chi connectivity index (χ2n) is 4.16. The van der Waals surface area contributed by atoms with Gasteiger partial charge in [-0.3, -0.25) is 0 Å². The predicted molar refractivity (Wildman–Crippen MR) is 76.3 cm³/mol. The average molecular weight is 260 g/mol. The van der Waals surface area contributed by atoms with Crippen molar-refractivity contribution in [1.29, 1.82) is 0 Å². The molecule has 0 unspecified atom stereocenters. The van der Waals surface area contributed by atoms with E-state index >= 15 is 0 Å². The Morgan fingerprint density at radius 2 is 1.44 bits per heavy atom. The molecule has 0 aliphatic carbocycles. The topological polar surface area (TPSA) is 9.23 Å². The van der Waals surface area contributed by atoms with Crippen molar-refractivity contribution in [3.8, 4) is 11.5 Å². The summed E-state index contributed by atoms with van der Waals surface area (Å²) in [6, 6.07) is 15.5. The lowest BCUT2D eigenvalue weighted by atomic mass is 10.1. The van der Waals surface area contributed by atoms with E-state index in [0.717, 1.165) is 30.8 Å². The molecule has 0 N–H and O–H groups in total. The van der Waals surface area contributed by atoms with E-state index in [1.807, 2.05) is 36.4 Å². The summed E-state index contributed by atoms with van der Waals surface area (Å²) in [4.78, 5) is 0. The smallest absolute Gasteiger partial charge is 0.127 e. The van der Waals surface area contributed by atoms with Crippen molar-refractivity contribution in [2.24, 2.45) is 0 Å². The summed E-state index contributed by atoms with van der Waals surface area (Å²) in [7, 11) is 0. The van der Waals surface area contributed by atoms with Crippen LogP contribution in [-0.4, -0.2) is 0 Å². The van der Waals surface area contributed by atoms with Crippen LogP contribution in [0.1, 0.15) is 18.4 Å². The molecule has 0 aliphatic heterocycles.